The van der Waals surface area contributed by atoms with E-state index in [1.54, 1.807) is 0 Å². The quantitative estimate of drug-likeness (QED) is 0.544. The Morgan fingerprint density at radius 2 is 1.56 bits per heavy atom. The van der Waals surface area contributed by atoms with Crippen LogP contribution in [-0.4, -0.2) is 59.3 Å². The minimum Gasteiger partial charge on any atom is -0.377 e. The van der Waals surface area contributed by atoms with Crippen LogP contribution in [0.15, 0.2) is 0 Å². The van der Waals surface area contributed by atoms with Crippen molar-refractivity contribution in [3.8, 4) is 0 Å². The molecular weight excluding hydrogens is 344 g/mol. The van der Waals surface area contributed by atoms with Crippen molar-refractivity contribution in [2.24, 2.45) is 0 Å². The number of nitrogen functional groups attached to an aromatic ring is 1. The molecule has 0 aromatic carbocycles. The summed E-state index contributed by atoms with van der Waals surface area (Å²) in [6, 6.07) is 0. The average molecular weight is 377 g/mol. The van der Waals surface area contributed by atoms with Crippen LogP contribution in [0.5, 0.6) is 0 Å². The predicted molar refractivity (Wildman–Crippen MR) is 111 cm³/mol. The van der Waals surface area contributed by atoms with Gasteiger partial charge in [-0.15, -0.1) is 0 Å². The van der Waals surface area contributed by atoms with E-state index >= 15 is 0 Å². The van der Waals surface area contributed by atoms with Crippen molar-refractivity contribution < 1.29 is 4.74 Å². The van der Waals surface area contributed by atoms with E-state index in [0.717, 1.165) is 25.9 Å². The minimum absolute atomic E-state index is 0.193. The average Bonchev–Trinajstić information content (AvgIpc) is 2.63. The number of hydrogen-bond acceptors (Lipinski definition) is 9. The van der Waals surface area contributed by atoms with E-state index in [4.69, 9.17) is 15.5 Å². The molecule has 0 aliphatic carbocycles. The van der Waals surface area contributed by atoms with Crippen LogP contribution >= 0.6 is 0 Å². The summed E-state index contributed by atoms with van der Waals surface area (Å²) < 4.78 is 5.64. The van der Waals surface area contributed by atoms with Gasteiger partial charge in [-0.2, -0.15) is 9.97 Å². The Bertz CT molecular complexity index is 737. The van der Waals surface area contributed by atoms with Crippen molar-refractivity contribution in [1.82, 2.24) is 19.9 Å². The normalized spacial score (nSPS) is 11.2. The minimum atomic E-state index is 0.193. The van der Waals surface area contributed by atoms with E-state index in [0.29, 0.717) is 41.8 Å². The van der Waals surface area contributed by atoms with Gasteiger partial charge in [0.25, 0.3) is 0 Å². The van der Waals surface area contributed by atoms with Crippen molar-refractivity contribution in [1.29, 1.82) is 0 Å². The fourth-order valence-corrected chi connectivity index (χ4v) is 2.45. The van der Waals surface area contributed by atoms with E-state index in [1.807, 2.05) is 25.8 Å². The van der Waals surface area contributed by atoms with Gasteiger partial charge in [0.1, 0.15) is 11.0 Å². The standard InChI is InChI=1S/C18H32N8O/c1-6-8-20-15-14-13(22-17(19)24-15)16(21-9-7-2)25-18(23-14)26(5)10-11-27-12(3)4/h12H,6-11H2,1-5H3,(H,21,23,25)(H3,19,20,22,24). The molecule has 9 nitrogen and oxygen atoms in total. The number of fused-ring (bicyclic) bond motifs is 1. The van der Waals surface area contributed by atoms with Crippen LogP contribution in [-0.2, 0) is 4.74 Å². The van der Waals surface area contributed by atoms with E-state index in [-0.39, 0.29) is 12.1 Å². The number of aromatic nitrogens is 4. The van der Waals surface area contributed by atoms with Crippen molar-refractivity contribution >= 4 is 34.6 Å². The zero-order valence-electron chi connectivity index (χ0n) is 17.0. The second-order valence-corrected chi connectivity index (χ2v) is 6.69. The molecule has 9 heteroatoms. The lowest BCUT2D eigenvalue weighted by atomic mass is 10.3. The van der Waals surface area contributed by atoms with Gasteiger partial charge >= 0.3 is 0 Å². The second-order valence-electron chi connectivity index (χ2n) is 6.69. The summed E-state index contributed by atoms with van der Waals surface area (Å²) in [6.45, 7) is 11.1. The van der Waals surface area contributed by atoms with E-state index < -0.39 is 0 Å². The van der Waals surface area contributed by atoms with E-state index in [1.165, 1.54) is 0 Å². The van der Waals surface area contributed by atoms with Crippen molar-refractivity contribution in [3.05, 3.63) is 0 Å². The Hall–Kier alpha value is -2.42. The van der Waals surface area contributed by atoms with Crippen LogP contribution in [0.25, 0.3) is 11.0 Å². The number of likely N-dealkylation sites (N-methyl/N-ethyl adjacent to an activating group) is 1. The zero-order valence-corrected chi connectivity index (χ0v) is 17.0. The lowest BCUT2D eigenvalue weighted by molar-refractivity contribution is 0.0844. The summed E-state index contributed by atoms with van der Waals surface area (Å²) >= 11 is 0. The number of nitrogens with zero attached hydrogens (tertiary/aromatic N) is 5. The Balaban J connectivity index is 2.43. The molecule has 0 atom stereocenters. The molecule has 0 bridgehead atoms. The molecule has 0 saturated carbocycles. The first-order valence-electron chi connectivity index (χ1n) is 9.61. The molecule has 4 N–H and O–H groups in total. The van der Waals surface area contributed by atoms with Gasteiger partial charge in [-0.25, -0.2) is 9.97 Å². The van der Waals surface area contributed by atoms with Crippen LogP contribution in [0.2, 0.25) is 0 Å². The van der Waals surface area contributed by atoms with Gasteiger partial charge in [0.15, 0.2) is 11.6 Å². The third-order valence-electron chi connectivity index (χ3n) is 3.85. The first-order chi connectivity index (χ1) is 13.0. The molecule has 0 unspecified atom stereocenters. The number of ether oxygens (including phenoxy) is 1. The topological polar surface area (TPSA) is 114 Å². The molecule has 2 aromatic heterocycles. The lowest BCUT2D eigenvalue weighted by Crippen LogP contribution is -2.26. The molecule has 27 heavy (non-hydrogen) atoms. The van der Waals surface area contributed by atoms with Crippen molar-refractivity contribution in [2.45, 2.75) is 46.6 Å². The third-order valence-corrected chi connectivity index (χ3v) is 3.85. The van der Waals surface area contributed by atoms with Crippen molar-refractivity contribution in [2.75, 3.05) is 54.6 Å². The third kappa shape index (κ3) is 5.78. The maximum absolute atomic E-state index is 5.91. The lowest BCUT2D eigenvalue weighted by Gasteiger charge is -2.20. The Labute approximate surface area is 161 Å². The van der Waals surface area contributed by atoms with Crippen LogP contribution in [0.3, 0.4) is 0 Å². The first kappa shape index (κ1) is 20.9. The fraction of sp³-hybridized carbons (Fsp3) is 0.667. The SMILES string of the molecule is CCCNc1nc(N(C)CCOC(C)C)nc2c(NCCC)nc(N)nc12. The van der Waals surface area contributed by atoms with Gasteiger partial charge in [0, 0.05) is 26.7 Å². The molecule has 2 rings (SSSR count). The van der Waals surface area contributed by atoms with E-state index in [9.17, 15) is 0 Å². The molecule has 150 valence electrons. The Morgan fingerprint density at radius 1 is 0.963 bits per heavy atom. The summed E-state index contributed by atoms with van der Waals surface area (Å²) in [5.74, 6) is 2.11. The zero-order chi connectivity index (χ0) is 19.8. The summed E-state index contributed by atoms with van der Waals surface area (Å²) in [7, 11) is 1.95. The molecule has 0 saturated heterocycles. The van der Waals surface area contributed by atoms with Gasteiger partial charge in [0.2, 0.25) is 11.9 Å². The molecule has 2 aromatic rings. The van der Waals surface area contributed by atoms with Gasteiger partial charge in [-0.1, -0.05) is 13.8 Å². The summed E-state index contributed by atoms with van der Waals surface area (Å²) in [6.07, 6.45) is 2.14. The Kier molecular flexibility index (Phi) is 7.78. The molecule has 0 spiro atoms. The van der Waals surface area contributed by atoms with Gasteiger partial charge in [0.05, 0.1) is 12.7 Å². The smallest absolute Gasteiger partial charge is 0.227 e. The summed E-state index contributed by atoms with van der Waals surface area (Å²) in [5, 5.41) is 6.63. The van der Waals surface area contributed by atoms with Crippen LogP contribution in [0.4, 0.5) is 23.5 Å². The molecule has 2 heterocycles. The highest BCUT2D eigenvalue weighted by Gasteiger charge is 2.17. The number of anilines is 4. The number of hydrogen-bond donors (Lipinski definition) is 3. The first-order valence-corrected chi connectivity index (χ1v) is 9.61. The highest BCUT2D eigenvalue weighted by Crippen LogP contribution is 2.27. The second kappa shape index (κ2) is 10.1. The van der Waals surface area contributed by atoms with Crippen LogP contribution in [0, 0.1) is 0 Å². The van der Waals surface area contributed by atoms with Crippen LogP contribution in [0.1, 0.15) is 40.5 Å². The largest absolute Gasteiger partial charge is 0.377 e. The van der Waals surface area contributed by atoms with Gasteiger partial charge in [-0.05, 0) is 26.7 Å². The van der Waals surface area contributed by atoms with Crippen LogP contribution < -0.4 is 21.3 Å². The van der Waals surface area contributed by atoms with Gasteiger partial charge < -0.3 is 26.0 Å². The highest BCUT2D eigenvalue weighted by atomic mass is 16.5. The summed E-state index contributed by atoms with van der Waals surface area (Å²) in [4.78, 5) is 20.1. The van der Waals surface area contributed by atoms with E-state index in [2.05, 4.69) is 39.4 Å². The fourth-order valence-electron chi connectivity index (χ4n) is 2.45. The molecule has 0 aliphatic rings. The van der Waals surface area contributed by atoms with Gasteiger partial charge in [-0.3, -0.25) is 0 Å². The number of nitrogens with two attached hydrogens (primary N) is 1. The summed E-state index contributed by atoms with van der Waals surface area (Å²) in [5.41, 5.74) is 7.21. The molecular formula is C18H32N8O. The van der Waals surface area contributed by atoms with Crippen molar-refractivity contribution in [3.63, 3.8) is 0 Å². The molecule has 0 radical (unpaired) electrons. The molecule has 0 amide bonds. The maximum Gasteiger partial charge on any atom is 0.227 e. The Morgan fingerprint density at radius 3 is 2.15 bits per heavy atom. The number of rotatable bonds is 11. The monoisotopic (exact) mass is 376 g/mol. The maximum atomic E-state index is 5.91. The molecule has 0 fully saturated rings. The predicted octanol–water partition coefficient (Wildman–Crippen LogP) is 2.51. The molecule has 0 aliphatic heterocycles. The highest BCUT2D eigenvalue weighted by molar-refractivity contribution is 5.94. The number of nitrogens with one attached hydrogen (secondary N) is 2.